The number of anilines is 6. The number of amides is 1. The molecule has 1 aliphatic heterocycles. The lowest BCUT2D eigenvalue weighted by Gasteiger charge is -2.30. The molecule has 0 bridgehead atoms. The van der Waals surface area contributed by atoms with Gasteiger partial charge in [0.2, 0.25) is 11.9 Å². The van der Waals surface area contributed by atoms with Crippen LogP contribution in [0.3, 0.4) is 0 Å². The summed E-state index contributed by atoms with van der Waals surface area (Å²) in [5.74, 6) is 0.947. The molecule has 3 aromatic carbocycles. The molecule has 3 N–H and O–H groups in total. The molecular formula is C30H30N6O3. The summed E-state index contributed by atoms with van der Waals surface area (Å²) in [5, 5.41) is 9.57. The molecule has 1 amide bonds. The average molecular weight is 523 g/mol. The summed E-state index contributed by atoms with van der Waals surface area (Å²) < 4.78 is 11.1. The highest BCUT2D eigenvalue weighted by atomic mass is 16.5. The van der Waals surface area contributed by atoms with Crippen molar-refractivity contribution in [3.8, 4) is 17.0 Å². The number of para-hydroxylation sites is 1. The molecule has 1 saturated heterocycles. The minimum Gasteiger partial charge on any atom is -0.495 e. The van der Waals surface area contributed by atoms with Crippen LogP contribution in [0.25, 0.3) is 11.3 Å². The van der Waals surface area contributed by atoms with Crippen molar-refractivity contribution >= 4 is 40.3 Å². The Bertz CT molecular complexity index is 1450. The number of carbonyl (C=O) groups is 1. The maximum Gasteiger partial charge on any atom is 0.247 e. The van der Waals surface area contributed by atoms with Crippen LogP contribution in [0.5, 0.6) is 5.75 Å². The molecule has 2 heterocycles. The van der Waals surface area contributed by atoms with Gasteiger partial charge in [0.1, 0.15) is 5.75 Å². The Morgan fingerprint density at radius 2 is 1.77 bits per heavy atom. The van der Waals surface area contributed by atoms with Gasteiger partial charge >= 0.3 is 0 Å². The van der Waals surface area contributed by atoms with Gasteiger partial charge in [-0.15, -0.1) is 0 Å². The summed E-state index contributed by atoms with van der Waals surface area (Å²) in [4.78, 5) is 23.6. The van der Waals surface area contributed by atoms with Gasteiger partial charge in [0.15, 0.2) is 0 Å². The zero-order valence-corrected chi connectivity index (χ0v) is 21.7. The van der Waals surface area contributed by atoms with Crippen LogP contribution in [0.2, 0.25) is 0 Å². The largest absolute Gasteiger partial charge is 0.495 e. The number of hydrogen-bond donors (Lipinski definition) is 3. The van der Waals surface area contributed by atoms with Gasteiger partial charge in [-0.1, -0.05) is 36.9 Å². The third-order valence-corrected chi connectivity index (χ3v) is 6.22. The van der Waals surface area contributed by atoms with Crippen molar-refractivity contribution in [3.63, 3.8) is 0 Å². The van der Waals surface area contributed by atoms with Crippen LogP contribution in [-0.4, -0.2) is 49.3 Å². The third-order valence-electron chi connectivity index (χ3n) is 6.22. The number of nitrogens with zero attached hydrogens (tertiary/aromatic N) is 3. The first-order valence-corrected chi connectivity index (χ1v) is 12.6. The molecule has 0 radical (unpaired) electrons. The fourth-order valence-corrected chi connectivity index (χ4v) is 4.32. The lowest BCUT2D eigenvalue weighted by atomic mass is 10.1. The fraction of sp³-hybridized carbons (Fsp3) is 0.167. The molecule has 0 atom stereocenters. The quantitative estimate of drug-likeness (QED) is 0.244. The number of morpholine rings is 1. The molecule has 5 rings (SSSR count). The van der Waals surface area contributed by atoms with Gasteiger partial charge in [0, 0.05) is 35.7 Å². The molecule has 1 aliphatic rings. The lowest BCUT2D eigenvalue weighted by Crippen LogP contribution is -2.36. The van der Waals surface area contributed by atoms with Crippen LogP contribution in [0, 0.1) is 0 Å². The van der Waals surface area contributed by atoms with Gasteiger partial charge in [-0.2, -0.15) is 0 Å². The van der Waals surface area contributed by atoms with Crippen molar-refractivity contribution in [1.29, 1.82) is 0 Å². The predicted octanol–water partition coefficient (Wildman–Crippen LogP) is 5.60. The van der Waals surface area contributed by atoms with Gasteiger partial charge in [-0.05, 0) is 48.5 Å². The maximum absolute atomic E-state index is 11.9. The Morgan fingerprint density at radius 1 is 0.974 bits per heavy atom. The molecule has 9 nitrogen and oxygen atoms in total. The van der Waals surface area contributed by atoms with Crippen molar-refractivity contribution in [2.75, 3.05) is 54.3 Å². The molecule has 0 unspecified atom stereocenters. The predicted molar refractivity (Wildman–Crippen MR) is 155 cm³/mol. The van der Waals surface area contributed by atoms with Gasteiger partial charge in [0.05, 0.1) is 43.6 Å². The summed E-state index contributed by atoms with van der Waals surface area (Å²) in [7, 11) is 1.67. The monoisotopic (exact) mass is 522 g/mol. The lowest BCUT2D eigenvalue weighted by molar-refractivity contribution is -0.111. The van der Waals surface area contributed by atoms with E-state index in [-0.39, 0.29) is 5.91 Å². The standard InChI is InChI=1S/C30H30N6O3/c1-3-28(37)33-23-11-7-8-21(18-23)29-25(32-22-9-5-4-6-10-22)20-31-30(35-29)34-24-12-13-27(38-2)26(19-24)36-14-16-39-17-15-36/h3-13,18-20,32H,1,14-17H2,2H3,(H,33,37)(H,31,34,35). The molecule has 1 aromatic heterocycles. The average Bonchev–Trinajstić information content (AvgIpc) is 2.99. The number of methoxy groups -OCH3 is 1. The van der Waals surface area contributed by atoms with Crippen LogP contribution in [0.1, 0.15) is 0 Å². The van der Waals surface area contributed by atoms with Gasteiger partial charge in [-0.3, -0.25) is 4.79 Å². The minimum absolute atomic E-state index is 0.282. The van der Waals surface area contributed by atoms with Crippen molar-refractivity contribution < 1.29 is 14.3 Å². The number of hydrogen-bond acceptors (Lipinski definition) is 8. The number of rotatable bonds is 9. The van der Waals surface area contributed by atoms with Crippen molar-refractivity contribution in [2.45, 2.75) is 0 Å². The molecular weight excluding hydrogens is 492 g/mol. The summed E-state index contributed by atoms with van der Waals surface area (Å²) in [6, 6.07) is 23.2. The highest BCUT2D eigenvalue weighted by Gasteiger charge is 2.17. The van der Waals surface area contributed by atoms with E-state index < -0.39 is 0 Å². The number of aromatic nitrogens is 2. The van der Waals surface area contributed by atoms with Crippen molar-refractivity contribution in [2.24, 2.45) is 0 Å². The van der Waals surface area contributed by atoms with Crippen molar-refractivity contribution in [3.05, 3.63) is 91.6 Å². The maximum atomic E-state index is 11.9. The van der Waals surface area contributed by atoms with E-state index in [0.29, 0.717) is 30.5 Å². The molecule has 39 heavy (non-hydrogen) atoms. The Hall–Kier alpha value is -4.89. The molecule has 1 fully saturated rings. The van der Waals surface area contributed by atoms with Crippen LogP contribution in [0.4, 0.5) is 34.4 Å². The second kappa shape index (κ2) is 12.1. The SMILES string of the molecule is C=CC(=O)Nc1cccc(-c2nc(Nc3ccc(OC)c(N4CCOCC4)c3)ncc2Nc2ccccc2)c1. The highest BCUT2D eigenvalue weighted by molar-refractivity contribution is 5.99. The van der Waals surface area contributed by atoms with Gasteiger partial charge in [0.25, 0.3) is 0 Å². The smallest absolute Gasteiger partial charge is 0.247 e. The zero-order chi connectivity index (χ0) is 27.0. The minimum atomic E-state index is -0.282. The highest BCUT2D eigenvalue weighted by Crippen LogP contribution is 2.34. The van der Waals surface area contributed by atoms with E-state index in [2.05, 4.69) is 32.4 Å². The van der Waals surface area contributed by atoms with Crippen LogP contribution >= 0.6 is 0 Å². The van der Waals surface area contributed by atoms with Crippen LogP contribution in [-0.2, 0) is 9.53 Å². The second-order valence-corrected chi connectivity index (χ2v) is 8.83. The topological polar surface area (TPSA) is 101 Å². The first kappa shape index (κ1) is 25.7. The number of ether oxygens (including phenoxy) is 2. The van der Waals surface area contributed by atoms with E-state index >= 15 is 0 Å². The molecule has 4 aromatic rings. The zero-order valence-electron chi connectivity index (χ0n) is 21.7. The van der Waals surface area contributed by atoms with Gasteiger partial charge in [-0.25, -0.2) is 9.97 Å². The first-order chi connectivity index (χ1) is 19.1. The van der Waals surface area contributed by atoms with Crippen molar-refractivity contribution in [1.82, 2.24) is 9.97 Å². The number of nitrogens with one attached hydrogen (secondary N) is 3. The van der Waals surface area contributed by atoms with E-state index in [1.807, 2.05) is 72.8 Å². The summed E-state index contributed by atoms with van der Waals surface area (Å²) in [6.07, 6.45) is 2.99. The summed E-state index contributed by atoms with van der Waals surface area (Å²) >= 11 is 0. The second-order valence-electron chi connectivity index (χ2n) is 8.83. The van der Waals surface area contributed by atoms with Gasteiger partial charge < -0.3 is 30.3 Å². The van der Waals surface area contributed by atoms with E-state index in [0.717, 1.165) is 47.2 Å². The molecule has 0 saturated carbocycles. The Balaban J connectivity index is 1.49. The molecule has 9 heteroatoms. The van der Waals surface area contributed by atoms with E-state index in [1.54, 1.807) is 13.3 Å². The Labute approximate surface area is 227 Å². The molecule has 0 aliphatic carbocycles. The number of carbonyl (C=O) groups excluding carboxylic acids is 1. The van der Waals surface area contributed by atoms with Crippen LogP contribution in [0.15, 0.2) is 91.6 Å². The van der Waals surface area contributed by atoms with E-state index in [4.69, 9.17) is 14.5 Å². The Morgan fingerprint density at radius 3 is 2.54 bits per heavy atom. The van der Waals surface area contributed by atoms with E-state index in [1.165, 1.54) is 6.08 Å². The Kier molecular flexibility index (Phi) is 7.99. The summed E-state index contributed by atoms with van der Waals surface area (Å²) in [6.45, 7) is 6.46. The normalized spacial score (nSPS) is 12.9. The molecule has 0 spiro atoms. The fourth-order valence-electron chi connectivity index (χ4n) is 4.32. The van der Waals surface area contributed by atoms with E-state index in [9.17, 15) is 4.79 Å². The van der Waals surface area contributed by atoms with Crippen LogP contribution < -0.4 is 25.6 Å². The molecule has 198 valence electrons. The number of benzene rings is 3. The first-order valence-electron chi connectivity index (χ1n) is 12.6. The summed E-state index contributed by atoms with van der Waals surface area (Å²) in [5.41, 5.74) is 5.57. The third kappa shape index (κ3) is 6.34.